The van der Waals surface area contributed by atoms with Crippen LogP contribution in [0.25, 0.3) is 0 Å². The molecule has 1 heterocycles. The maximum atomic E-state index is 6.59. The molecule has 1 atom stereocenters. The van der Waals surface area contributed by atoms with Crippen molar-refractivity contribution in [2.75, 3.05) is 13.1 Å². The molecule has 20 heavy (non-hydrogen) atoms. The Kier molecular flexibility index (Phi) is 4.87. The molecule has 1 fully saturated rings. The van der Waals surface area contributed by atoms with Crippen molar-refractivity contribution in [1.29, 1.82) is 0 Å². The molecule has 0 spiro atoms. The van der Waals surface area contributed by atoms with E-state index in [0.29, 0.717) is 0 Å². The smallest absolute Gasteiger partial charge is 0.0307 e. The molecule has 1 aromatic rings. The van der Waals surface area contributed by atoms with Crippen LogP contribution in [0.5, 0.6) is 0 Å². The molecular weight excluding hydrogens is 244 g/mol. The molecule has 2 rings (SSSR count). The van der Waals surface area contributed by atoms with Crippen LogP contribution in [-0.4, -0.2) is 29.6 Å². The molecule has 0 aliphatic carbocycles. The zero-order valence-electron chi connectivity index (χ0n) is 13.6. The normalized spacial score (nSPS) is 19.1. The number of benzene rings is 1. The van der Waals surface area contributed by atoms with Crippen LogP contribution in [0.1, 0.15) is 49.8 Å². The van der Waals surface area contributed by atoms with Crippen LogP contribution in [0.4, 0.5) is 0 Å². The summed E-state index contributed by atoms with van der Waals surface area (Å²) in [6, 6.07) is 6.87. The molecule has 2 nitrogen and oxygen atoms in total. The molecule has 0 radical (unpaired) electrons. The predicted octanol–water partition coefficient (Wildman–Crippen LogP) is 3.44. The summed E-state index contributed by atoms with van der Waals surface area (Å²) >= 11 is 0. The number of piperidine rings is 1. The highest BCUT2D eigenvalue weighted by atomic mass is 15.2. The Hall–Kier alpha value is -0.860. The van der Waals surface area contributed by atoms with Crippen LogP contribution in [0.3, 0.4) is 0 Å². The quantitative estimate of drug-likeness (QED) is 0.911. The molecule has 112 valence electrons. The van der Waals surface area contributed by atoms with Gasteiger partial charge in [0.2, 0.25) is 0 Å². The molecule has 0 amide bonds. The maximum Gasteiger partial charge on any atom is 0.0307 e. The summed E-state index contributed by atoms with van der Waals surface area (Å²) in [7, 11) is 0. The summed E-state index contributed by atoms with van der Waals surface area (Å²) < 4.78 is 0. The summed E-state index contributed by atoms with van der Waals surface area (Å²) in [5, 5.41) is 0. The van der Waals surface area contributed by atoms with Gasteiger partial charge in [-0.1, -0.05) is 30.2 Å². The zero-order valence-corrected chi connectivity index (χ0v) is 13.6. The van der Waals surface area contributed by atoms with E-state index >= 15 is 0 Å². The Morgan fingerprint density at radius 3 is 2.45 bits per heavy atom. The fourth-order valence-electron chi connectivity index (χ4n) is 3.21. The van der Waals surface area contributed by atoms with Crippen molar-refractivity contribution in [3.05, 3.63) is 34.9 Å². The van der Waals surface area contributed by atoms with E-state index in [1.54, 1.807) is 0 Å². The molecule has 1 saturated heterocycles. The van der Waals surface area contributed by atoms with Crippen LogP contribution in [0.2, 0.25) is 0 Å². The zero-order chi connectivity index (χ0) is 14.8. The standard InChI is InChI=1S/C18H30N2/c1-14-8-9-15(2)16(12-14)13-17(19)18(3,4)20-10-6-5-7-11-20/h8-9,12,17H,5-7,10-11,13,19H2,1-4H3. The Morgan fingerprint density at radius 2 is 1.80 bits per heavy atom. The Balaban J connectivity index is 2.09. The van der Waals surface area contributed by atoms with E-state index in [4.69, 9.17) is 5.73 Å². The first-order valence-electron chi connectivity index (χ1n) is 7.98. The second-order valence-electron chi connectivity index (χ2n) is 6.94. The second-order valence-corrected chi connectivity index (χ2v) is 6.94. The third-order valence-corrected chi connectivity index (χ3v) is 5.02. The fraction of sp³-hybridized carbons (Fsp3) is 0.667. The largest absolute Gasteiger partial charge is 0.326 e. The number of hydrogen-bond acceptors (Lipinski definition) is 2. The Morgan fingerprint density at radius 1 is 1.15 bits per heavy atom. The van der Waals surface area contributed by atoms with Crippen molar-refractivity contribution in [2.45, 2.75) is 65.0 Å². The van der Waals surface area contributed by atoms with Crippen LogP contribution >= 0.6 is 0 Å². The van der Waals surface area contributed by atoms with Gasteiger partial charge < -0.3 is 5.73 Å². The topological polar surface area (TPSA) is 29.3 Å². The molecule has 1 aromatic carbocycles. The van der Waals surface area contributed by atoms with Crippen molar-refractivity contribution >= 4 is 0 Å². The molecular formula is C18H30N2. The van der Waals surface area contributed by atoms with Crippen molar-refractivity contribution < 1.29 is 0 Å². The minimum atomic E-state index is 0.0800. The van der Waals surface area contributed by atoms with E-state index in [1.807, 2.05) is 0 Å². The van der Waals surface area contributed by atoms with Crippen LogP contribution in [0.15, 0.2) is 18.2 Å². The van der Waals surface area contributed by atoms with Gasteiger partial charge in [0.15, 0.2) is 0 Å². The number of likely N-dealkylation sites (tertiary alicyclic amines) is 1. The molecule has 2 N–H and O–H groups in total. The van der Waals surface area contributed by atoms with E-state index in [1.165, 1.54) is 49.0 Å². The maximum absolute atomic E-state index is 6.59. The van der Waals surface area contributed by atoms with Gasteiger partial charge >= 0.3 is 0 Å². The van der Waals surface area contributed by atoms with Crippen LogP contribution in [-0.2, 0) is 6.42 Å². The minimum Gasteiger partial charge on any atom is -0.326 e. The van der Waals surface area contributed by atoms with Gasteiger partial charge in [0, 0.05) is 11.6 Å². The lowest BCUT2D eigenvalue weighted by atomic mass is 9.85. The highest BCUT2D eigenvalue weighted by molar-refractivity contribution is 5.31. The molecule has 0 aromatic heterocycles. The lowest BCUT2D eigenvalue weighted by Crippen LogP contribution is -2.58. The molecule has 0 bridgehead atoms. The van der Waals surface area contributed by atoms with Gasteiger partial charge in [0.1, 0.15) is 0 Å². The van der Waals surface area contributed by atoms with Crippen molar-refractivity contribution in [1.82, 2.24) is 4.90 Å². The first kappa shape index (κ1) is 15.5. The lowest BCUT2D eigenvalue weighted by molar-refractivity contribution is 0.0731. The number of rotatable bonds is 4. The third kappa shape index (κ3) is 3.42. The summed E-state index contributed by atoms with van der Waals surface area (Å²) in [5.41, 5.74) is 10.8. The summed E-state index contributed by atoms with van der Waals surface area (Å²) in [6.07, 6.45) is 4.98. The number of nitrogens with zero attached hydrogens (tertiary/aromatic N) is 1. The van der Waals surface area contributed by atoms with Crippen molar-refractivity contribution in [2.24, 2.45) is 5.73 Å². The Bertz CT molecular complexity index is 445. The first-order valence-corrected chi connectivity index (χ1v) is 7.98. The molecule has 1 aliphatic rings. The van der Waals surface area contributed by atoms with Gasteiger partial charge in [-0.2, -0.15) is 0 Å². The number of aryl methyl sites for hydroxylation is 2. The van der Waals surface area contributed by atoms with Gasteiger partial charge in [-0.05, 0) is 71.2 Å². The predicted molar refractivity (Wildman–Crippen MR) is 87.1 cm³/mol. The number of hydrogen-bond donors (Lipinski definition) is 1. The summed E-state index contributed by atoms with van der Waals surface area (Å²) in [4.78, 5) is 2.59. The van der Waals surface area contributed by atoms with Crippen molar-refractivity contribution in [3.63, 3.8) is 0 Å². The SMILES string of the molecule is Cc1ccc(C)c(CC(N)C(C)(C)N2CCCCC2)c1. The van der Waals surface area contributed by atoms with Crippen molar-refractivity contribution in [3.8, 4) is 0 Å². The van der Waals surface area contributed by atoms with Gasteiger partial charge in [0.25, 0.3) is 0 Å². The summed E-state index contributed by atoms with van der Waals surface area (Å²) in [5.74, 6) is 0. The van der Waals surface area contributed by atoms with Crippen LogP contribution in [0, 0.1) is 13.8 Å². The lowest BCUT2D eigenvalue weighted by Gasteiger charge is -2.45. The highest BCUT2D eigenvalue weighted by Gasteiger charge is 2.33. The van der Waals surface area contributed by atoms with E-state index < -0.39 is 0 Å². The Labute approximate surface area is 124 Å². The van der Waals surface area contributed by atoms with Gasteiger partial charge in [-0.3, -0.25) is 4.90 Å². The third-order valence-electron chi connectivity index (χ3n) is 5.02. The van der Waals surface area contributed by atoms with Gasteiger partial charge in [0.05, 0.1) is 0 Å². The number of nitrogens with two attached hydrogens (primary N) is 1. The second kappa shape index (κ2) is 6.28. The van der Waals surface area contributed by atoms with Crippen LogP contribution < -0.4 is 5.73 Å². The molecule has 0 saturated carbocycles. The van der Waals surface area contributed by atoms with Gasteiger partial charge in [-0.15, -0.1) is 0 Å². The molecule has 2 heteroatoms. The van der Waals surface area contributed by atoms with E-state index in [0.717, 1.165) is 6.42 Å². The minimum absolute atomic E-state index is 0.0800. The van der Waals surface area contributed by atoms with E-state index in [-0.39, 0.29) is 11.6 Å². The first-order chi connectivity index (χ1) is 9.41. The highest BCUT2D eigenvalue weighted by Crippen LogP contribution is 2.25. The average molecular weight is 274 g/mol. The van der Waals surface area contributed by atoms with Gasteiger partial charge in [-0.25, -0.2) is 0 Å². The summed E-state index contributed by atoms with van der Waals surface area (Å²) in [6.45, 7) is 11.4. The molecule has 1 unspecified atom stereocenters. The average Bonchev–Trinajstić information content (AvgIpc) is 2.43. The fourth-order valence-corrected chi connectivity index (χ4v) is 3.21. The monoisotopic (exact) mass is 274 g/mol. The molecule has 1 aliphatic heterocycles. The van der Waals surface area contributed by atoms with E-state index in [2.05, 4.69) is 50.8 Å². The van der Waals surface area contributed by atoms with E-state index in [9.17, 15) is 0 Å².